The molecule has 2 N–H and O–H groups in total. The smallest absolute Gasteiger partial charge is 0.267 e. The van der Waals surface area contributed by atoms with Crippen LogP contribution in [0.3, 0.4) is 0 Å². The van der Waals surface area contributed by atoms with Crippen LogP contribution >= 0.6 is 0 Å². The molecule has 4 heterocycles. The number of amides is 3. The number of hydrogen-bond acceptors (Lipinski definition) is 7. The topological polar surface area (TPSA) is 132 Å². The van der Waals surface area contributed by atoms with Crippen molar-refractivity contribution >= 4 is 17.7 Å². The van der Waals surface area contributed by atoms with Gasteiger partial charge in [0.1, 0.15) is 30.0 Å². The first-order chi connectivity index (χ1) is 21.7. The molecule has 1 saturated heterocycles. The van der Waals surface area contributed by atoms with Gasteiger partial charge in [-0.15, -0.1) is 0 Å². The van der Waals surface area contributed by atoms with E-state index >= 15 is 4.39 Å². The zero-order valence-electron chi connectivity index (χ0n) is 24.4. The molecule has 2 atom stereocenters. The molecule has 0 spiro atoms. The summed E-state index contributed by atoms with van der Waals surface area (Å²) in [6.45, 7) is 1.69. The molecular weight excluding hydrogens is 581 g/mol. The molecule has 0 aliphatic carbocycles. The summed E-state index contributed by atoms with van der Waals surface area (Å²) >= 11 is 0. The van der Waals surface area contributed by atoms with Crippen LogP contribution in [0.25, 0.3) is 11.1 Å². The quantitative estimate of drug-likeness (QED) is 0.356. The Labute approximate surface area is 257 Å². The molecule has 1 fully saturated rings. The fourth-order valence-corrected chi connectivity index (χ4v) is 5.28. The van der Waals surface area contributed by atoms with Gasteiger partial charge >= 0.3 is 0 Å². The lowest BCUT2D eigenvalue weighted by atomic mass is 10.0. The molecule has 1 aromatic heterocycles. The molecule has 4 aromatic rings. The zero-order chi connectivity index (χ0) is 31.5. The number of ether oxygens (including phenoxy) is 2. The van der Waals surface area contributed by atoms with Crippen LogP contribution in [0.2, 0.25) is 0 Å². The average molecular weight is 612 g/mol. The predicted octanol–water partition coefficient (Wildman–Crippen LogP) is 2.45. The number of fused-ring (bicyclic) bond motifs is 7. The zero-order valence-corrected chi connectivity index (χ0v) is 24.4. The van der Waals surface area contributed by atoms with Crippen molar-refractivity contribution in [1.29, 1.82) is 0 Å². The summed E-state index contributed by atoms with van der Waals surface area (Å²) in [5.41, 5.74) is 2.04. The van der Waals surface area contributed by atoms with Crippen molar-refractivity contribution < 1.29 is 28.2 Å². The van der Waals surface area contributed by atoms with Crippen LogP contribution in [0.4, 0.5) is 4.39 Å². The highest BCUT2D eigenvalue weighted by atomic mass is 19.1. The van der Waals surface area contributed by atoms with Crippen LogP contribution in [-0.4, -0.2) is 64.2 Å². The Morgan fingerprint density at radius 3 is 2.58 bits per heavy atom. The molecule has 3 aliphatic rings. The highest BCUT2D eigenvalue weighted by Gasteiger charge is 2.38. The van der Waals surface area contributed by atoms with E-state index in [2.05, 4.69) is 15.7 Å². The van der Waals surface area contributed by atoms with Crippen molar-refractivity contribution in [2.75, 3.05) is 19.7 Å². The third-order valence-electron chi connectivity index (χ3n) is 7.67. The number of rotatable bonds is 2. The maximum atomic E-state index is 15.0. The van der Waals surface area contributed by atoms with E-state index < -0.39 is 29.4 Å². The van der Waals surface area contributed by atoms with E-state index in [9.17, 15) is 19.2 Å². The minimum absolute atomic E-state index is 0.0701. The van der Waals surface area contributed by atoms with Gasteiger partial charge < -0.3 is 25.0 Å². The summed E-state index contributed by atoms with van der Waals surface area (Å²) < 4.78 is 28.0. The van der Waals surface area contributed by atoms with Crippen LogP contribution in [0.15, 0.2) is 83.7 Å². The Hall–Kier alpha value is -5.52. The fraction of sp³-hybridized carbons (Fsp3) is 0.242. The van der Waals surface area contributed by atoms with Gasteiger partial charge in [-0.25, -0.2) is 9.07 Å². The number of aromatic nitrogens is 2. The normalized spacial score (nSPS) is 18.2. The van der Waals surface area contributed by atoms with Gasteiger partial charge in [-0.3, -0.25) is 19.2 Å². The van der Waals surface area contributed by atoms with Crippen LogP contribution in [0, 0.1) is 12.7 Å². The highest BCUT2D eigenvalue weighted by Crippen LogP contribution is 2.27. The summed E-state index contributed by atoms with van der Waals surface area (Å²) in [6.07, 6.45) is -0.684. The van der Waals surface area contributed by atoms with Gasteiger partial charge in [-0.05, 0) is 66.1 Å². The number of nitrogens with zero attached hydrogens (tertiary/aromatic N) is 3. The van der Waals surface area contributed by atoms with Crippen molar-refractivity contribution in [1.82, 2.24) is 25.3 Å². The van der Waals surface area contributed by atoms with Gasteiger partial charge in [0.05, 0.1) is 23.8 Å². The molecule has 0 radical (unpaired) electrons. The van der Waals surface area contributed by atoms with Crippen LogP contribution in [0.1, 0.15) is 21.6 Å². The number of nitrogens with one attached hydrogen (secondary N) is 2. The second-order valence-corrected chi connectivity index (χ2v) is 10.9. The predicted molar refractivity (Wildman–Crippen MR) is 161 cm³/mol. The van der Waals surface area contributed by atoms with Crippen molar-refractivity contribution in [3.63, 3.8) is 0 Å². The van der Waals surface area contributed by atoms with Gasteiger partial charge in [0.25, 0.3) is 17.4 Å². The Morgan fingerprint density at radius 1 is 0.956 bits per heavy atom. The summed E-state index contributed by atoms with van der Waals surface area (Å²) in [6, 6.07) is 20.4. The van der Waals surface area contributed by atoms with Gasteiger partial charge in [0, 0.05) is 19.2 Å². The maximum Gasteiger partial charge on any atom is 0.267 e. The van der Waals surface area contributed by atoms with Gasteiger partial charge in [-0.2, -0.15) is 5.10 Å². The molecule has 3 aromatic carbocycles. The summed E-state index contributed by atoms with van der Waals surface area (Å²) in [7, 11) is 0. The Balaban J connectivity index is 1.31. The lowest BCUT2D eigenvalue weighted by molar-refractivity contribution is -0.131. The summed E-state index contributed by atoms with van der Waals surface area (Å²) in [5.74, 6) is -1.16. The number of aryl methyl sites for hydroxylation is 1. The van der Waals surface area contributed by atoms with E-state index in [1.165, 1.54) is 23.1 Å². The van der Waals surface area contributed by atoms with E-state index in [-0.39, 0.29) is 50.2 Å². The molecule has 6 bridgehead atoms. The summed E-state index contributed by atoms with van der Waals surface area (Å²) in [4.78, 5) is 53.0. The van der Waals surface area contributed by atoms with Crippen LogP contribution in [-0.2, 0) is 22.7 Å². The lowest BCUT2D eigenvalue weighted by Gasteiger charge is -2.21. The molecule has 0 unspecified atom stereocenters. The summed E-state index contributed by atoms with van der Waals surface area (Å²) in [5, 5.41) is 9.83. The minimum atomic E-state index is -0.716. The molecule has 45 heavy (non-hydrogen) atoms. The molecule has 3 amide bonds. The van der Waals surface area contributed by atoms with E-state index in [1.807, 2.05) is 0 Å². The van der Waals surface area contributed by atoms with Crippen molar-refractivity contribution in [2.45, 2.75) is 32.2 Å². The lowest BCUT2D eigenvalue weighted by Crippen LogP contribution is -2.45. The minimum Gasteiger partial charge on any atom is -0.486 e. The first kappa shape index (κ1) is 29.5. The fourth-order valence-electron chi connectivity index (χ4n) is 5.28. The third-order valence-corrected chi connectivity index (χ3v) is 7.67. The first-order valence-corrected chi connectivity index (χ1v) is 14.4. The Bertz CT molecular complexity index is 1830. The maximum absolute atomic E-state index is 15.0. The first-order valence-electron chi connectivity index (χ1n) is 14.4. The van der Waals surface area contributed by atoms with Gasteiger partial charge in [0.2, 0.25) is 5.91 Å². The number of benzene rings is 3. The molecular formula is C33H30FN5O6. The number of likely N-dealkylation sites (tertiary alicyclic amines) is 1. The molecule has 12 heteroatoms. The Morgan fingerprint density at radius 2 is 1.76 bits per heavy atom. The molecule has 0 saturated carbocycles. The van der Waals surface area contributed by atoms with Crippen LogP contribution in [0.5, 0.6) is 11.5 Å². The van der Waals surface area contributed by atoms with E-state index in [4.69, 9.17) is 9.47 Å². The number of carbonyl (C=O) groups is 3. The molecule has 230 valence electrons. The SMILES string of the molecule is Cc1ccc(=O)n(CC(=O)N2C[C@@H]3NC(=O)c4cc(ccc4F)-c4cccc(c4)OCC(=O)NCc4ccc(cc4)O[C@H]3C2)n1. The van der Waals surface area contributed by atoms with Gasteiger partial charge in [0.15, 0.2) is 6.61 Å². The molecule has 11 nitrogen and oxygen atoms in total. The standard InChI is InChI=1S/C33H30FN5O6/c1-20-5-12-31(41)39(37-20)18-32(42)38-16-28-29(17-38)45-24-9-6-21(7-10-24)15-35-30(40)19-44-25-4-2-3-22(13-25)23-8-11-27(34)26(14-23)33(43)36-28/h2-14,28-29H,15-19H2,1H3,(H,35,40)(H,36,43)/t28-,29-/m0/s1. The molecule has 3 aliphatic heterocycles. The number of carbonyl (C=O) groups excluding carboxylic acids is 3. The van der Waals surface area contributed by atoms with E-state index in [0.29, 0.717) is 28.3 Å². The van der Waals surface area contributed by atoms with Gasteiger partial charge in [-0.1, -0.05) is 30.3 Å². The monoisotopic (exact) mass is 611 g/mol. The highest BCUT2D eigenvalue weighted by molar-refractivity contribution is 5.96. The third kappa shape index (κ3) is 6.85. The van der Waals surface area contributed by atoms with E-state index in [0.717, 1.165) is 10.2 Å². The number of halogens is 1. The average Bonchev–Trinajstić information content (AvgIpc) is 3.43. The Kier molecular flexibility index (Phi) is 8.28. The van der Waals surface area contributed by atoms with Crippen LogP contribution < -0.4 is 25.7 Å². The second-order valence-electron chi connectivity index (χ2n) is 10.9. The van der Waals surface area contributed by atoms with Crippen molar-refractivity contribution in [2.24, 2.45) is 0 Å². The largest absolute Gasteiger partial charge is 0.486 e. The number of hydrogen-bond donors (Lipinski definition) is 2. The van der Waals surface area contributed by atoms with Crippen molar-refractivity contribution in [3.05, 3.63) is 112 Å². The van der Waals surface area contributed by atoms with Crippen molar-refractivity contribution in [3.8, 4) is 22.6 Å². The molecule has 7 rings (SSSR count). The second kappa shape index (κ2) is 12.6. The van der Waals surface area contributed by atoms with E-state index in [1.54, 1.807) is 67.6 Å².